The number of rotatable bonds is 5. The van der Waals surface area contributed by atoms with Crippen LogP contribution in [-0.4, -0.2) is 30.5 Å². The fourth-order valence-corrected chi connectivity index (χ4v) is 3.27. The summed E-state index contributed by atoms with van der Waals surface area (Å²) in [6, 6.07) is 14.1. The van der Waals surface area contributed by atoms with E-state index in [1.54, 1.807) is 0 Å². The first-order valence-electron chi connectivity index (χ1n) is 8.06. The van der Waals surface area contributed by atoms with Crippen molar-refractivity contribution in [3.63, 3.8) is 0 Å². The van der Waals surface area contributed by atoms with Gasteiger partial charge in [-0.3, -0.25) is 14.9 Å². The third kappa shape index (κ3) is 4.09. The number of nitro groups is 1. The van der Waals surface area contributed by atoms with Crippen molar-refractivity contribution in [1.82, 2.24) is 5.32 Å². The molecule has 0 spiro atoms. The van der Waals surface area contributed by atoms with Crippen molar-refractivity contribution >= 4 is 28.9 Å². The maximum atomic E-state index is 12.3. The van der Waals surface area contributed by atoms with Gasteiger partial charge in [0.15, 0.2) is 0 Å². The minimum Gasteiger partial charge on any atom is -0.371 e. The van der Waals surface area contributed by atoms with Crippen LogP contribution in [0.3, 0.4) is 0 Å². The maximum absolute atomic E-state index is 12.3. The molecule has 1 atom stereocenters. The predicted molar refractivity (Wildman–Crippen MR) is 97.2 cm³/mol. The van der Waals surface area contributed by atoms with Crippen LogP contribution in [0.5, 0.6) is 0 Å². The highest BCUT2D eigenvalue weighted by Crippen LogP contribution is 2.24. The number of benzene rings is 2. The van der Waals surface area contributed by atoms with Crippen LogP contribution < -0.4 is 10.2 Å². The highest BCUT2D eigenvalue weighted by molar-refractivity contribution is 6.34. The van der Waals surface area contributed by atoms with Crippen LogP contribution in [0.25, 0.3) is 0 Å². The molecule has 0 aliphatic carbocycles. The van der Waals surface area contributed by atoms with E-state index in [2.05, 4.69) is 22.3 Å². The third-order valence-electron chi connectivity index (χ3n) is 4.37. The normalized spacial score (nSPS) is 16.7. The lowest BCUT2D eigenvalue weighted by Crippen LogP contribution is -2.31. The van der Waals surface area contributed by atoms with Gasteiger partial charge in [0.05, 0.1) is 15.5 Å². The number of nitro benzene ring substituents is 1. The lowest BCUT2D eigenvalue weighted by atomic mass is 10.1. The molecule has 0 bridgehead atoms. The molecule has 0 radical (unpaired) electrons. The van der Waals surface area contributed by atoms with E-state index in [1.165, 1.54) is 23.9 Å². The number of nitrogens with zero attached hydrogens (tertiary/aromatic N) is 2. The second-order valence-electron chi connectivity index (χ2n) is 6.07. The van der Waals surface area contributed by atoms with Gasteiger partial charge in [-0.15, -0.1) is 0 Å². The fourth-order valence-electron chi connectivity index (χ4n) is 3.01. The number of carbonyl (C=O) groups excluding carboxylic acids is 1. The Balaban J connectivity index is 1.56. The van der Waals surface area contributed by atoms with Gasteiger partial charge in [0.1, 0.15) is 0 Å². The first-order chi connectivity index (χ1) is 12.0. The smallest absolute Gasteiger partial charge is 0.270 e. The summed E-state index contributed by atoms with van der Waals surface area (Å²) in [5, 5.41) is 13.7. The molecule has 1 aliphatic heterocycles. The average molecular weight is 360 g/mol. The number of amides is 1. The van der Waals surface area contributed by atoms with Gasteiger partial charge in [-0.2, -0.15) is 0 Å². The van der Waals surface area contributed by atoms with Gasteiger partial charge in [-0.25, -0.2) is 0 Å². The molecular formula is C18H18ClN3O3. The van der Waals surface area contributed by atoms with Crippen molar-refractivity contribution in [3.8, 4) is 0 Å². The van der Waals surface area contributed by atoms with Gasteiger partial charge >= 0.3 is 0 Å². The van der Waals surface area contributed by atoms with Gasteiger partial charge in [0.2, 0.25) is 0 Å². The Morgan fingerprint density at radius 2 is 2.04 bits per heavy atom. The Labute approximate surface area is 150 Å². The monoisotopic (exact) mass is 359 g/mol. The van der Waals surface area contributed by atoms with Crippen LogP contribution >= 0.6 is 11.6 Å². The molecule has 2 aromatic rings. The van der Waals surface area contributed by atoms with E-state index in [9.17, 15) is 14.9 Å². The van der Waals surface area contributed by atoms with Crippen molar-refractivity contribution < 1.29 is 9.72 Å². The summed E-state index contributed by atoms with van der Waals surface area (Å²) in [6.07, 6.45) is 1.00. The number of carbonyl (C=O) groups is 1. The van der Waals surface area contributed by atoms with E-state index in [4.69, 9.17) is 11.6 Å². The van der Waals surface area contributed by atoms with E-state index >= 15 is 0 Å². The van der Waals surface area contributed by atoms with E-state index in [-0.39, 0.29) is 22.2 Å². The zero-order valence-corrected chi connectivity index (χ0v) is 14.3. The van der Waals surface area contributed by atoms with Crippen molar-refractivity contribution in [3.05, 3.63) is 69.2 Å². The Morgan fingerprint density at radius 3 is 2.72 bits per heavy atom. The van der Waals surface area contributed by atoms with Crippen LogP contribution in [-0.2, 0) is 0 Å². The first kappa shape index (κ1) is 17.2. The van der Waals surface area contributed by atoms with E-state index < -0.39 is 4.92 Å². The summed E-state index contributed by atoms with van der Waals surface area (Å²) < 4.78 is 0. The predicted octanol–water partition coefficient (Wildman–Crippen LogP) is 3.50. The zero-order chi connectivity index (χ0) is 17.8. The zero-order valence-electron chi connectivity index (χ0n) is 13.5. The van der Waals surface area contributed by atoms with Gasteiger partial charge in [0.25, 0.3) is 11.6 Å². The van der Waals surface area contributed by atoms with Crippen LogP contribution in [0.2, 0.25) is 5.02 Å². The quantitative estimate of drug-likeness (QED) is 0.654. The summed E-state index contributed by atoms with van der Waals surface area (Å²) in [7, 11) is 0. The summed E-state index contributed by atoms with van der Waals surface area (Å²) in [6.45, 7) is 2.40. The molecule has 1 heterocycles. The second-order valence-corrected chi connectivity index (χ2v) is 6.47. The summed E-state index contributed by atoms with van der Waals surface area (Å²) in [5.74, 6) is 0.0547. The van der Waals surface area contributed by atoms with E-state index in [0.29, 0.717) is 12.5 Å². The minimum absolute atomic E-state index is 0.0871. The molecule has 1 unspecified atom stereocenters. The molecule has 1 fully saturated rings. The minimum atomic E-state index is -0.537. The van der Waals surface area contributed by atoms with Crippen LogP contribution in [0.4, 0.5) is 11.4 Å². The highest BCUT2D eigenvalue weighted by atomic mass is 35.5. The molecule has 6 nitrogen and oxygen atoms in total. The largest absolute Gasteiger partial charge is 0.371 e. The van der Waals surface area contributed by atoms with Crippen molar-refractivity contribution in [2.24, 2.45) is 5.92 Å². The first-order valence-corrected chi connectivity index (χ1v) is 8.44. The van der Waals surface area contributed by atoms with Gasteiger partial charge in [0, 0.05) is 37.5 Å². The maximum Gasteiger partial charge on any atom is 0.270 e. The van der Waals surface area contributed by atoms with Gasteiger partial charge in [-0.05, 0) is 30.5 Å². The fraction of sp³-hybridized carbons (Fsp3) is 0.278. The molecule has 2 aromatic carbocycles. The lowest BCUT2D eigenvalue weighted by Gasteiger charge is -2.18. The number of anilines is 1. The second kappa shape index (κ2) is 7.53. The molecule has 130 valence electrons. The molecular weight excluding hydrogens is 342 g/mol. The molecule has 1 saturated heterocycles. The number of hydrogen-bond acceptors (Lipinski definition) is 4. The molecule has 0 saturated carbocycles. The molecule has 3 rings (SSSR count). The average Bonchev–Trinajstić information content (AvgIpc) is 3.09. The number of non-ortho nitro benzene ring substituents is 1. The van der Waals surface area contributed by atoms with Crippen LogP contribution in [0, 0.1) is 16.0 Å². The molecule has 7 heteroatoms. The Hall–Kier alpha value is -2.60. The molecule has 0 aromatic heterocycles. The number of para-hydroxylation sites is 1. The van der Waals surface area contributed by atoms with Crippen LogP contribution in [0.15, 0.2) is 48.5 Å². The van der Waals surface area contributed by atoms with Crippen molar-refractivity contribution in [2.75, 3.05) is 24.5 Å². The van der Waals surface area contributed by atoms with Crippen molar-refractivity contribution in [2.45, 2.75) is 6.42 Å². The summed E-state index contributed by atoms with van der Waals surface area (Å²) in [5.41, 5.74) is 1.32. The number of nitrogens with one attached hydrogen (secondary N) is 1. The lowest BCUT2D eigenvalue weighted by molar-refractivity contribution is -0.384. The van der Waals surface area contributed by atoms with Crippen LogP contribution in [0.1, 0.15) is 16.8 Å². The number of halogens is 1. The molecule has 1 N–H and O–H groups in total. The highest BCUT2D eigenvalue weighted by Gasteiger charge is 2.23. The Bertz CT molecular complexity index is 782. The van der Waals surface area contributed by atoms with E-state index in [0.717, 1.165) is 19.5 Å². The number of hydrogen-bond donors (Lipinski definition) is 1. The van der Waals surface area contributed by atoms with Crippen molar-refractivity contribution in [1.29, 1.82) is 0 Å². The Morgan fingerprint density at radius 1 is 1.28 bits per heavy atom. The Kier molecular flexibility index (Phi) is 5.19. The van der Waals surface area contributed by atoms with E-state index in [1.807, 2.05) is 18.2 Å². The third-order valence-corrected chi connectivity index (χ3v) is 4.68. The van der Waals surface area contributed by atoms with Gasteiger partial charge in [-0.1, -0.05) is 29.8 Å². The summed E-state index contributed by atoms with van der Waals surface area (Å²) in [4.78, 5) is 24.8. The topological polar surface area (TPSA) is 75.5 Å². The summed E-state index contributed by atoms with van der Waals surface area (Å²) >= 11 is 5.99. The standard InChI is InChI=1S/C18H18ClN3O3/c19-17-10-15(22(24)25)6-7-16(17)18(23)20-11-13-8-9-21(12-13)14-4-2-1-3-5-14/h1-7,10,13H,8-9,11-12H2,(H,20,23). The molecule has 1 amide bonds. The molecule has 25 heavy (non-hydrogen) atoms. The van der Waals surface area contributed by atoms with Gasteiger partial charge < -0.3 is 10.2 Å². The molecule has 1 aliphatic rings. The SMILES string of the molecule is O=C(NCC1CCN(c2ccccc2)C1)c1ccc([N+](=O)[O-])cc1Cl.